The van der Waals surface area contributed by atoms with Crippen molar-refractivity contribution in [1.82, 2.24) is 19.5 Å². The van der Waals surface area contributed by atoms with Gasteiger partial charge in [-0.25, -0.2) is 15.0 Å². The van der Waals surface area contributed by atoms with Crippen LogP contribution in [0.4, 0.5) is 52.7 Å². The lowest BCUT2D eigenvalue weighted by Crippen LogP contribution is -2.12. The summed E-state index contributed by atoms with van der Waals surface area (Å²) in [4.78, 5) is 14.8. The molecule has 0 fully saturated rings. The lowest BCUT2D eigenvalue weighted by atomic mass is 9.89. The van der Waals surface area contributed by atoms with Crippen LogP contribution in [-0.2, 0) is 24.7 Å². The Bertz CT molecular complexity index is 4110. The minimum Gasteiger partial charge on any atom is -0.308 e. The highest BCUT2D eigenvalue weighted by Crippen LogP contribution is 2.49. The van der Waals surface area contributed by atoms with Crippen LogP contribution in [0, 0.1) is 22.7 Å². The molecule has 0 bridgehead atoms. The van der Waals surface area contributed by atoms with Gasteiger partial charge in [0.15, 0.2) is 17.5 Å². The molecule has 398 valence electrons. The normalized spacial score (nSPS) is 12.2. The fourth-order valence-electron chi connectivity index (χ4n) is 10.00. The van der Waals surface area contributed by atoms with Crippen molar-refractivity contribution in [1.29, 1.82) is 10.5 Å². The Labute approximate surface area is 451 Å². The van der Waals surface area contributed by atoms with E-state index in [1.165, 1.54) is 36.4 Å². The summed E-state index contributed by atoms with van der Waals surface area (Å²) >= 11 is 0. The summed E-state index contributed by atoms with van der Waals surface area (Å²) in [5, 5.41) is 21.6. The van der Waals surface area contributed by atoms with Gasteiger partial charge in [-0.1, -0.05) is 121 Å². The van der Waals surface area contributed by atoms with Crippen LogP contribution in [-0.4, -0.2) is 19.5 Å². The maximum Gasteiger partial charge on any atom is 0.417 e. The maximum absolute atomic E-state index is 14.9. The third-order valence-corrected chi connectivity index (χ3v) is 13.7. The molecule has 0 saturated carbocycles. The van der Waals surface area contributed by atoms with E-state index in [9.17, 15) is 63.2 Å². The number of aromatic nitrogens is 4. The van der Waals surface area contributed by atoms with Crippen molar-refractivity contribution in [3.05, 3.63) is 228 Å². The van der Waals surface area contributed by atoms with Crippen LogP contribution in [0.25, 0.3) is 106 Å². The van der Waals surface area contributed by atoms with Gasteiger partial charge in [-0.15, -0.1) is 0 Å². The average Bonchev–Trinajstić information content (AvgIpc) is 4.07. The van der Waals surface area contributed by atoms with Crippen molar-refractivity contribution in [3.63, 3.8) is 0 Å². The zero-order chi connectivity index (χ0) is 57.2. The molecule has 0 atom stereocenters. The standard InChI is InChI=1S/C63H32F12N6/c64-60(65,66)42-21-23-46(52(31-42)62(70,71)72)37-19-25-54-48(27-37)49-28-38(47-24-22-43(61(67,68)69)32-53(47)63(73,74)75)20-26-55(49)81(54)56-50(44-17-9-7-15-39(44)33-76)29-41(30-51(56)45-18-10-8-16-40(45)34-77)59-79-57(35-11-3-1-4-12-35)78-58(80-59)36-13-5-2-6-14-36/h1-32H. The molecule has 0 N–H and O–H groups in total. The fraction of sp³-hybridized carbons (Fsp3) is 0.0635. The molecule has 11 rings (SSSR count). The summed E-state index contributed by atoms with van der Waals surface area (Å²) in [6, 6.07) is 48.8. The second kappa shape index (κ2) is 20.0. The molecule has 0 radical (unpaired) electrons. The second-order valence-corrected chi connectivity index (χ2v) is 18.6. The number of hydrogen-bond acceptors (Lipinski definition) is 5. The van der Waals surface area contributed by atoms with E-state index in [0.717, 1.165) is 0 Å². The highest BCUT2D eigenvalue weighted by Gasteiger charge is 2.40. The number of benzene rings is 9. The van der Waals surface area contributed by atoms with E-state index in [1.54, 1.807) is 89.5 Å². The first kappa shape index (κ1) is 53.0. The number of hydrogen-bond donors (Lipinski definition) is 0. The second-order valence-electron chi connectivity index (χ2n) is 18.6. The zero-order valence-corrected chi connectivity index (χ0v) is 41.2. The average molecular weight is 1100 g/mol. The zero-order valence-electron chi connectivity index (χ0n) is 41.2. The van der Waals surface area contributed by atoms with Crippen LogP contribution in [0.3, 0.4) is 0 Å². The van der Waals surface area contributed by atoms with Crippen molar-refractivity contribution in [2.24, 2.45) is 0 Å². The van der Waals surface area contributed by atoms with Gasteiger partial charge in [0.25, 0.3) is 0 Å². The first-order chi connectivity index (χ1) is 38.6. The number of nitriles is 2. The minimum absolute atomic E-state index is 0.0261. The molecule has 0 aliphatic rings. The largest absolute Gasteiger partial charge is 0.417 e. The minimum atomic E-state index is -5.33. The van der Waals surface area contributed by atoms with E-state index in [2.05, 4.69) is 12.1 Å². The third kappa shape index (κ3) is 9.97. The van der Waals surface area contributed by atoms with Crippen LogP contribution >= 0.6 is 0 Å². The van der Waals surface area contributed by atoms with Crippen molar-refractivity contribution < 1.29 is 52.7 Å². The molecule has 0 aliphatic carbocycles. The molecule has 2 heterocycles. The summed E-state index contributed by atoms with van der Waals surface area (Å²) in [6.45, 7) is 0. The van der Waals surface area contributed by atoms with Gasteiger partial charge in [0.05, 0.1) is 62.2 Å². The molecule has 81 heavy (non-hydrogen) atoms. The molecule has 2 aromatic heterocycles. The van der Waals surface area contributed by atoms with Gasteiger partial charge < -0.3 is 4.57 Å². The van der Waals surface area contributed by atoms with Crippen LogP contribution in [0.1, 0.15) is 33.4 Å². The van der Waals surface area contributed by atoms with Crippen LogP contribution in [0.15, 0.2) is 194 Å². The highest BCUT2D eigenvalue weighted by molar-refractivity contribution is 6.13. The number of alkyl halides is 12. The Morgan fingerprint density at radius 3 is 1.06 bits per heavy atom. The van der Waals surface area contributed by atoms with Crippen LogP contribution in [0.2, 0.25) is 0 Å². The number of nitrogens with zero attached hydrogens (tertiary/aromatic N) is 6. The van der Waals surface area contributed by atoms with E-state index < -0.39 is 58.1 Å². The Hall–Kier alpha value is -10.1. The van der Waals surface area contributed by atoms with Gasteiger partial charge in [0, 0.05) is 49.7 Å². The molecule has 0 aliphatic heterocycles. The monoisotopic (exact) mass is 1100 g/mol. The predicted octanol–water partition coefficient (Wildman–Crippen LogP) is 18.5. The first-order valence-corrected chi connectivity index (χ1v) is 24.3. The molecule has 0 amide bonds. The number of rotatable bonds is 8. The van der Waals surface area contributed by atoms with E-state index in [-0.39, 0.29) is 90.5 Å². The summed E-state index contributed by atoms with van der Waals surface area (Å²) in [5.41, 5.74) is -4.87. The number of fused-ring (bicyclic) bond motifs is 3. The van der Waals surface area contributed by atoms with Crippen LogP contribution in [0.5, 0.6) is 0 Å². The Morgan fingerprint density at radius 1 is 0.321 bits per heavy atom. The van der Waals surface area contributed by atoms with Gasteiger partial charge in [0.2, 0.25) is 0 Å². The van der Waals surface area contributed by atoms with Crippen molar-refractivity contribution in [3.8, 4) is 96.5 Å². The summed E-state index contributed by atoms with van der Waals surface area (Å²) in [7, 11) is 0. The van der Waals surface area contributed by atoms with Gasteiger partial charge >= 0.3 is 24.7 Å². The topological polar surface area (TPSA) is 91.2 Å². The lowest BCUT2D eigenvalue weighted by Gasteiger charge is -2.22. The summed E-state index contributed by atoms with van der Waals surface area (Å²) in [6.07, 6.45) is -21.0. The molecule has 0 spiro atoms. The van der Waals surface area contributed by atoms with Gasteiger partial charge in [0.1, 0.15) is 0 Å². The van der Waals surface area contributed by atoms with Crippen molar-refractivity contribution in [2.75, 3.05) is 0 Å². The van der Waals surface area contributed by atoms with Crippen molar-refractivity contribution in [2.45, 2.75) is 24.7 Å². The molecule has 9 aromatic carbocycles. The molecule has 6 nitrogen and oxygen atoms in total. The SMILES string of the molecule is N#Cc1ccccc1-c1cc(-c2nc(-c3ccccc3)nc(-c3ccccc3)n2)cc(-c2ccccc2C#N)c1-n1c2ccc(-c3ccc(C(F)(F)F)cc3C(F)(F)F)cc2c2cc(-c3ccc(C(F)(F)F)cc3C(F)(F)F)ccc21. The Morgan fingerprint density at radius 2 is 0.691 bits per heavy atom. The van der Waals surface area contributed by atoms with E-state index in [0.29, 0.717) is 52.1 Å². The lowest BCUT2D eigenvalue weighted by molar-refractivity contribution is -0.144. The van der Waals surface area contributed by atoms with Gasteiger partial charge in [-0.05, 0) is 95.1 Å². The summed E-state index contributed by atoms with van der Waals surface area (Å²) in [5.74, 6) is 0.684. The van der Waals surface area contributed by atoms with Gasteiger partial charge in [-0.3, -0.25) is 0 Å². The maximum atomic E-state index is 14.9. The van der Waals surface area contributed by atoms with E-state index >= 15 is 0 Å². The molecule has 18 heteroatoms. The van der Waals surface area contributed by atoms with Crippen LogP contribution < -0.4 is 0 Å². The molecule has 0 saturated heterocycles. The Balaban J connectivity index is 1.29. The Kier molecular flexibility index (Phi) is 13.1. The smallest absolute Gasteiger partial charge is 0.308 e. The van der Waals surface area contributed by atoms with E-state index in [4.69, 9.17) is 15.0 Å². The predicted molar refractivity (Wildman–Crippen MR) is 282 cm³/mol. The first-order valence-electron chi connectivity index (χ1n) is 24.3. The van der Waals surface area contributed by atoms with Crippen molar-refractivity contribution >= 4 is 21.8 Å². The third-order valence-electron chi connectivity index (χ3n) is 13.7. The fourth-order valence-corrected chi connectivity index (χ4v) is 10.00. The quantitative estimate of drug-likeness (QED) is 0.141. The summed E-state index contributed by atoms with van der Waals surface area (Å²) < 4.78 is 175. The van der Waals surface area contributed by atoms with E-state index in [1.807, 2.05) is 36.4 Å². The molecule has 0 unspecified atom stereocenters. The van der Waals surface area contributed by atoms with Gasteiger partial charge in [-0.2, -0.15) is 63.2 Å². The molecule has 11 aromatic rings. The highest BCUT2D eigenvalue weighted by atomic mass is 19.4. The molecular formula is C63H32F12N6. The number of halogens is 12. The molecular weight excluding hydrogens is 1070 g/mol.